The number of primary amides is 1. The number of benzene rings is 2. The Kier molecular flexibility index (Phi) is 4.58. The van der Waals surface area contributed by atoms with E-state index >= 15 is 0 Å². The standard InChI is InChI=1S/C15H14FNOS/c16-14-3-1-2-12(8-14)10-19-9-11-4-6-13(7-5-11)15(17)18/h1-8H,9-10H2,(H2,17,18). The average Bonchev–Trinajstić information content (AvgIpc) is 2.39. The minimum atomic E-state index is -0.418. The minimum Gasteiger partial charge on any atom is -0.366 e. The smallest absolute Gasteiger partial charge is 0.248 e. The Morgan fingerprint density at radius 3 is 2.37 bits per heavy atom. The van der Waals surface area contributed by atoms with E-state index in [0.717, 1.165) is 22.6 Å². The van der Waals surface area contributed by atoms with Crippen molar-refractivity contribution in [2.24, 2.45) is 5.73 Å². The van der Waals surface area contributed by atoms with Crippen LogP contribution >= 0.6 is 11.8 Å². The number of halogens is 1. The molecule has 98 valence electrons. The molecule has 0 aromatic heterocycles. The molecule has 19 heavy (non-hydrogen) atoms. The van der Waals surface area contributed by atoms with E-state index in [-0.39, 0.29) is 5.82 Å². The van der Waals surface area contributed by atoms with Crippen LogP contribution in [-0.2, 0) is 11.5 Å². The zero-order valence-electron chi connectivity index (χ0n) is 10.3. The zero-order chi connectivity index (χ0) is 13.7. The van der Waals surface area contributed by atoms with Crippen molar-refractivity contribution in [2.75, 3.05) is 0 Å². The average molecular weight is 275 g/mol. The van der Waals surface area contributed by atoms with Gasteiger partial charge in [0.1, 0.15) is 5.82 Å². The molecule has 0 spiro atoms. The van der Waals surface area contributed by atoms with Crippen LogP contribution < -0.4 is 5.73 Å². The number of rotatable bonds is 5. The molecule has 2 nitrogen and oxygen atoms in total. The van der Waals surface area contributed by atoms with E-state index in [4.69, 9.17) is 5.73 Å². The van der Waals surface area contributed by atoms with Gasteiger partial charge in [-0.25, -0.2) is 4.39 Å². The van der Waals surface area contributed by atoms with Crippen molar-refractivity contribution in [1.82, 2.24) is 0 Å². The van der Waals surface area contributed by atoms with E-state index in [2.05, 4.69) is 0 Å². The van der Waals surface area contributed by atoms with E-state index in [1.54, 1.807) is 36.0 Å². The van der Waals surface area contributed by atoms with Crippen LogP contribution in [0.25, 0.3) is 0 Å². The van der Waals surface area contributed by atoms with Crippen LogP contribution in [0, 0.1) is 5.82 Å². The third-order valence-corrected chi connectivity index (χ3v) is 3.74. The van der Waals surface area contributed by atoms with Crippen LogP contribution in [0.5, 0.6) is 0 Å². The SMILES string of the molecule is NC(=O)c1ccc(CSCc2cccc(F)c2)cc1. The van der Waals surface area contributed by atoms with Gasteiger partial charge >= 0.3 is 0 Å². The quantitative estimate of drug-likeness (QED) is 0.909. The molecule has 0 heterocycles. The molecule has 1 amide bonds. The molecule has 0 saturated heterocycles. The molecule has 2 rings (SSSR count). The number of carbonyl (C=O) groups is 1. The lowest BCUT2D eigenvalue weighted by atomic mass is 10.1. The molecule has 0 saturated carbocycles. The summed E-state index contributed by atoms with van der Waals surface area (Å²) in [6.07, 6.45) is 0. The Bertz CT molecular complexity index is 569. The van der Waals surface area contributed by atoms with Gasteiger partial charge in [-0.2, -0.15) is 11.8 Å². The Labute approximate surface area is 115 Å². The number of hydrogen-bond donors (Lipinski definition) is 1. The van der Waals surface area contributed by atoms with Crippen molar-refractivity contribution in [2.45, 2.75) is 11.5 Å². The van der Waals surface area contributed by atoms with E-state index in [1.807, 2.05) is 18.2 Å². The molecule has 0 unspecified atom stereocenters. The van der Waals surface area contributed by atoms with Crippen molar-refractivity contribution in [3.05, 3.63) is 71.0 Å². The molecule has 0 aliphatic rings. The highest BCUT2D eigenvalue weighted by Gasteiger charge is 2.01. The summed E-state index contributed by atoms with van der Waals surface area (Å²) in [4.78, 5) is 10.9. The summed E-state index contributed by atoms with van der Waals surface area (Å²) in [6, 6.07) is 13.8. The first-order chi connectivity index (χ1) is 9.15. The van der Waals surface area contributed by atoms with Crippen LogP contribution in [-0.4, -0.2) is 5.91 Å². The molecule has 0 aliphatic heterocycles. The second-order valence-corrected chi connectivity index (χ2v) is 5.17. The topological polar surface area (TPSA) is 43.1 Å². The highest BCUT2D eigenvalue weighted by atomic mass is 32.2. The minimum absolute atomic E-state index is 0.205. The Balaban J connectivity index is 1.87. The highest BCUT2D eigenvalue weighted by Crippen LogP contribution is 2.18. The summed E-state index contributed by atoms with van der Waals surface area (Å²) in [5.74, 6) is 0.952. The van der Waals surface area contributed by atoms with Gasteiger partial charge in [-0.3, -0.25) is 4.79 Å². The van der Waals surface area contributed by atoms with Gasteiger partial charge in [0.15, 0.2) is 0 Å². The Hall–Kier alpha value is -1.81. The van der Waals surface area contributed by atoms with Crippen LogP contribution in [0.3, 0.4) is 0 Å². The van der Waals surface area contributed by atoms with Crippen LogP contribution in [0.1, 0.15) is 21.5 Å². The van der Waals surface area contributed by atoms with Gasteiger partial charge in [-0.15, -0.1) is 0 Å². The largest absolute Gasteiger partial charge is 0.366 e. The third-order valence-electron chi connectivity index (χ3n) is 2.66. The molecule has 0 aliphatic carbocycles. The van der Waals surface area contributed by atoms with E-state index < -0.39 is 5.91 Å². The lowest BCUT2D eigenvalue weighted by Gasteiger charge is -2.03. The predicted molar refractivity (Wildman–Crippen MR) is 76.4 cm³/mol. The van der Waals surface area contributed by atoms with Crippen LogP contribution in [0.2, 0.25) is 0 Å². The molecular weight excluding hydrogens is 261 g/mol. The monoisotopic (exact) mass is 275 g/mol. The fourth-order valence-corrected chi connectivity index (χ4v) is 2.62. The maximum atomic E-state index is 13.0. The Morgan fingerprint density at radius 1 is 1.05 bits per heavy atom. The van der Waals surface area contributed by atoms with Gasteiger partial charge in [0, 0.05) is 17.1 Å². The summed E-state index contributed by atoms with van der Waals surface area (Å²) >= 11 is 1.70. The molecule has 2 N–H and O–H groups in total. The summed E-state index contributed by atoms with van der Waals surface area (Å²) in [6.45, 7) is 0. The first-order valence-electron chi connectivity index (χ1n) is 5.86. The van der Waals surface area contributed by atoms with Crippen molar-refractivity contribution in [1.29, 1.82) is 0 Å². The number of hydrogen-bond acceptors (Lipinski definition) is 2. The second-order valence-electron chi connectivity index (χ2n) is 4.18. The van der Waals surface area contributed by atoms with Gasteiger partial charge in [0.05, 0.1) is 0 Å². The number of amides is 1. The van der Waals surface area contributed by atoms with Crippen LogP contribution in [0.4, 0.5) is 4.39 Å². The summed E-state index contributed by atoms with van der Waals surface area (Å²) in [7, 11) is 0. The van der Waals surface area contributed by atoms with Gasteiger partial charge in [0.25, 0.3) is 0 Å². The fourth-order valence-electron chi connectivity index (χ4n) is 1.68. The van der Waals surface area contributed by atoms with E-state index in [0.29, 0.717) is 5.56 Å². The van der Waals surface area contributed by atoms with E-state index in [9.17, 15) is 9.18 Å². The molecule has 2 aromatic carbocycles. The lowest BCUT2D eigenvalue weighted by Crippen LogP contribution is -2.10. The maximum absolute atomic E-state index is 13.0. The molecule has 2 aromatic rings. The first-order valence-corrected chi connectivity index (χ1v) is 7.01. The molecule has 0 bridgehead atoms. The van der Waals surface area contributed by atoms with Gasteiger partial charge in [0.2, 0.25) is 5.91 Å². The summed E-state index contributed by atoms with van der Waals surface area (Å²) in [5, 5.41) is 0. The number of nitrogens with two attached hydrogens (primary N) is 1. The maximum Gasteiger partial charge on any atom is 0.248 e. The predicted octanol–water partition coefficient (Wildman–Crippen LogP) is 3.36. The van der Waals surface area contributed by atoms with Gasteiger partial charge in [-0.1, -0.05) is 24.3 Å². The first kappa shape index (κ1) is 13.6. The summed E-state index contributed by atoms with van der Waals surface area (Å²) < 4.78 is 13.0. The molecule has 0 fully saturated rings. The normalized spacial score (nSPS) is 10.4. The van der Waals surface area contributed by atoms with Crippen molar-refractivity contribution >= 4 is 17.7 Å². The number of thioether (sulfide) groups is 1. The second kappa shape index (κ2) is 6.38. The molecule has 0 radical (unpaired) electrons. The van der Waals surface area contributed by atoms with Crippen LogP contribution in [0.15, 0.2) is 48.5 Å². The molecular formula is C15H14FNOS. The Morgan fingerprint density at radius 2 is 1.74 bits per heavy atom. The molecule has 4 heteroatoms. The highest BCUT2D eigenvalue weighted by molar-refractivity contribution is 7.97. The lowest BCUT2D eigenvalue weighted by molar-refractivity contribution is 0.100. The third kappa shape index (κ3) is 4.10. The zero-order valence-corrected chi connectivity index (χ0v) is 11.1. The fraction of sp³-hybridized carbons (Fsp3) is 0.133. The summed E-state index contributed by atoms with van der Waals surface area (Å²) in [5.41, 5.74) is 7.78. The van der Waals surface area contributed by atoms with Crippen molar-refractivity contribution < 1.29 is 9.18 Å². The number of carbonyl (C=O) groups excluding carboxylic acids is 1. The van der Waals surface area contributed by atoms with Crippen molar-refractivity contribution in [3.63, 3.8) is 0 Å². The van der Waals surface area contributed by atoms with Crippen molar-refractivity contribution in [3.8, 4) is 0 Å². The van der Waals surface area contributed by atoms with E-state index in [1.165, 1.54) is 6.07 Å². The van der Waals surface area contributed by atoms with Gasteiger partial charge < -0.3 is 5.73 Å². The van der Waals surface area contributed by atoms with Gasteiger partial charge in [-0.05, 0) is 35.4 Å². The molecule has 0 atom stereocenters.